The van der Waals surface area contributed by atoms with Crippen LogP contribution in [0.1, 0.15) is 53.6 Å². The highest BCUT2D eigenvalue weighted by Gasteiger charge is 2.41. The van der Waals surface area contributed by atoms with Gasteiger partial charge in [-0.1, -0.05) is 23.7 Å². The van der Waals surface area contributed by atoms with E-state index < -0.39 is 11.8 Å². The van der Waals surface area contributed by atoms with Crippen LogP contribution in [0.25, 0.3) is 0 Å². The van der Waals surface area contributed by atoms with Gasteiger partial charge in [-0.05, 0) is 80.0 Å². The Morgan fingerprint density at radius 1 is 1.24 bits per heavy atom. The molecule has 5 nitrogen and oxygen atoms in total. The summed E-state index contributed by atoms with van der Waals surface area (Å²) >= 11 is 6.30. The molecule has 0 bridgehead atoms. The lowest BCUT2D eigenvalue weighted by Gasteiger charge is -2.41. The number of rotatable bonds is 7. The summed E-state index contributed by atoms with van der Waals surface area (Å²) in [5.74, 6) is -0.779. The second kappa shape index (κ2) is 10.0. The molecule has 0 unspecified atom stereocenters. The van der Waals surface area contributed by atoms with E-state index in [2.05, 4.69) is 28.3 Å². The van der Waals surface area contributed by atoms with Crippen LogP contribution in [-0.2, 0) is 21.4 Å². The number of carbonyl (C=O) groups excluding carboxylic acids is 2. The van der Waals surface area contributed by atoms with Gasteiger partial charge in [0.1, 0.15) is 5.75 Å². The largest absolute Gasteiger partial charge is 0.490 e. The Kier molecular flexibility index (Phi) is 7.08. The number of benzene rings is 2. The molecule has 0 saturated heterocycles. The predicted molar refractivity (Wildman–Crippen MR) is 131 cm³/mol. The Hall–Kier alpha value is -2.79. The maximum Gasteiger partial charge on any atom is 0.379 e. The molecular weight excluding hydrogens is 438 g/mol. The van der Waals surface area contributed by atoms with Crippen molar-refractivity contribution < 1.29 is 19.1 Å². The van der Waals surface area contributed by atoms with Crippen LogP contribution in [-0.4, -0.2) is 38.6 Å². The van der Waals surface area contributed by atoms with Crippen LogP contribution in [0, 0.1) is 0 Å². The number of allylic oxidation sites excluding steroid dienone is 1. The molecule has 4 rings (SSSR count). The number of methoxy groups -OCH3 is 1. The zero-order valence-corrected chi connectivity index (χ0v) is 19.8. The molecule has 1 aliphatic heterocycles. The topological polar surface area (TPSA) is 55.8 Å². The van der Waals surface area contributed by atoms with Gasteiger partial charge in [-0.3, -0.25) is 4.79 Å². The molecule has 33 heavy (non-hydrogen) atoms. The van der Waals surface area contributed by atoms with Crippen molar-refractivity contribution in [1.82, 2.24) is 0 Å². The molecule has 0 radical (unpaired) electrons. The zero-order chi connectivity index (χ0) is 23.4. The van der Waals surface area contributed by atoms with Gasteiger partial charge in [0.05, 0.1) is 19.4 Å². The van der Waals surface area contributed by atoms with Crippen molar-refractivity contribution in [2.24, 2.45) is 0 Å². The molecule has 1 spiro atoms. The van der Waals surface area contributed by atoms with Crippen LogP contribution in [0.2, 0.25) is 5.02 Å². The average Bonchev–Trinajstić information content (AvgIpc) is 2.98. The molecule has 0 saturated carbocycles. The lowest BCUT2D eigenvalue weighted by atomic mass is 9.70. The van der Waals surface area contributed by atoms with Gasteiger partial charge in [0.15, 0.2) is 0 Å². The van der Waals surface area contributed by atoms with Gasteiger partial charge in [0, 0.05) is 29.1 Å². The minimum Gasteiger partial charge on any atom is -0.490 e. The summed E-state index contributed by atoms with van der Waals surface area (Å²) in [6, 6.07) is 11.4. The maximum atomic E-state index is 12.5. The molecule has 1 heterocycles. The molecule has 6 heteroatoms. The molecule has 1 aliphatic carbocycles. The van der Waals surface area contributed by atoms with Gasteiger partial charge in [0.25, 0.3) is 5.78 Å². The number of hydrogen-bond acceptors (Lipinski definition) is 5. The van der Waals surface area contributed by atoms with E-state index in [9.17, 15) is 9.59 Å². The maximum absolute atomic E-state index is 12.5. The molecule has 2 aliphatic rings. The summed E-state index contributed by atoms with van der Waals surface area (Å²) in [5.41, 5.74) is 3.58. The van der Waals surface area contributed by atoms with Crippen molar-refractivity contribution >= 4 is 29.0 Å². The number of hydrogen-bond donors (Lipinski definition) is 0. The number of ketones is 1. The number of esters is 1. The summed E-state index contributed by atoms with van der Waals surface area (Å²) in [6.45, 7) is 5.98. The van der Waals surface area contributed by atoms with Gasteiger partial charge >= 0.3 is 5.97 Å². The third kappa shape index (κ3) is 4.79. The third-order valence-electron chi connectivity index (χ3n) is 6.76. The predicted octanol–water partition coefficient (Wildman–Crippen LogP) is 5.53. The van der Waals surface area contributed by atoms with E-state index in [1.54, 1.807) is 18.2 Å². The number of unbranched alkanes of at least 4 members (excludes halogenated alkanes) is 2. The van der Waals surface area contributed by atoms with Crippen LogP contribution in [0.3, 0.4) is 0 Å². The fourth-order valence-electron chi connectivity index (χ4n) is 5.09. The Morgan fingerprint density at radius 3 is 2.88 bits per heavy atom. The van der Waals surface area contributed by atoms with Gasteiger partial charge in [-0.2, -0.15) is 0 Å². The number of halogens is 1. The second-order valence-corrected chi connectivity index (χ2v) is 9.37. The first kappa shape index (κ1) is 23.4. The summed E-state index contributed by atoms with van der Waals surface area (Å²) in [6.07, 6.45) is 8.04. The van der Waals surface area contributed by atoms with Crippen LogP contribution in [0.4, 0.5) is 5.69 Å². The molecule has 1 atom stereocenters. The fourth-order valence-corrected chi connectivity index (χ4v) is 5.29. The Morgan fingerprint density at radius 2 is 2.09 bits per heavy atom. The quantitative estimate of drug-likeness (QED) is 0.176. The molecule has 0 aromatic heterocycles. The summed E-state index contributed by atoms with van der Waals surface area (Å²) < 4.78 is 11.0. The van der Waals surface area contributed by atoms with Crippen molar-refractivity contribution in [2.75, 3.05) is 31.7 Å². The molecule has 2 aromatic rings. The summed E-state index contributed by atoms with van der Waals surface area (Å²) in [5, 5.41) is 0.760. The Labute approximate surface area is 200 Å². The highest BCUT2D eigenvalue weighted by Crippen LogP contribution is 2.44. The number of nitrogens with zero attached hydrogens (tertiary/aromatic N) is 1. The van der Waals surface area contributed by atoms with Crippen LogP contribution >= 0.6 is 11.6 Å². The van der Waals surface area contributed by atoms with Gasteiger partial charge in [-0.15, -0.1) is 6.58 Å². The molecule has 0 amide bonds. The number of carbonyl (C=O) groups is 2. The molecular formula is C27H30ClNO4. The van der Waals surface area contributed by atoms with E-state index in [4.69, 9.17) is 16.3 Å². The first-order valence-corrected chi connectivity index (χ1v) is 11.9. The fraction of sp³-hybridized carbons (Fsp3) is 0.407. The highest BCUT2D eigenvalue weighted by atomic mass is 35.5. The van der Waals surface area contributed by atoms with Gasteiger partial charge in [0.2, 0.25) is 0 Å². The first-order chi connectivity index (χ1) is 16.0. The number of anilines is 1. The Bertz CT molecular complexity index is 1070. The number of Topliss-reactive ketones (excluding diaryl/α,β-unsaturated/α-hetero) is 1. The van der Waals surface area contributed by atoms with Gasteiger partial charge in [-0.25, -0.2) is 4.79 Å². The molecule has 2 aromatic carbocycles. The van der Waals surface area contributed by atoms with Crippen LogP contribution < -0.4 is 9.64 Å². The normalized spacial score (nSPS) is 19.2. The SMILES string of the molecule is C=CCCCCN1C[C@@]2(CCCc3cc(Cl)ccc32)COc2ccc(C(=O)C(=O)OC)cc21. The van der Waals surface area contributed by atoms with Crippen molar-refractivity contribution in [3.05, 3.63) is 70.8 Å². The second-order valence-electron chi connectivity index (χ2n) is 8.93. The van der Waals surface area contributed by atoms with E-state index in [1.165, 1.54) is 18.2 Å². The molecule has 0 fully saturated rings. The first-order valence-electron chi connectivity index (χ1n) is 11.5. The van der Waals surface area contributed by atoms with Crippen molar-refractivity contribution in [3.63, 3.8) is 0 Å². The molecule has 0 N–H and O–H groups in total. The van der Waals surface area contributed by atoms with Crippen LogP contribution in [0.15, 0.2) is 49.1 Å². The lowest BCUT2D eigenvalue weighted by molar-refractivity contribution is -0.135. The smallest absolute Gasteiger partial charge is 0.379 e. The van der Waals surface area contributed by atoms with Gasteiger partial charge < -0.3 is 14.4 Å². The zero-order valence-electron chi connectivity index (χ0n) is 19.1. The van der Waals surface area contributed by atoms with Crippen molar-refractivity contribution in [2.45, 2.75) is 43.9 Å². The standard InChI is InChI=1S/C27H30ClNO4/c1-3-4-5-6-14-29-17-27(13-7-8-19-15-21(28)10-11-22(19)27)18-33-24-12-9-20(16-23(24)29)25(30)26(31)32-2/h3,9-12,15-16H,1,4-8,13-14,17-18H2,2H3/t27-/m0/s1. The van der Waals surface area contributed by atoms with Crippen molar-refractivity contribution in [1.29, 1.82) is 0 Å². The van der Waals surface area contributed by atoms with Crippen LogP contribution in [0.5, 0.6) is 5.75 Å². The molecule has 174 valence electrons. The third-order valence-corrected chi connectivity index (χ3v) is 6.99. The van der Waals surface area contributed by atoms with E-state index in [1.807, 2.05) is 12.1 Å². The van der Waals surface area contributed by atoms with E-state index in [-0.39, 0.29) is 5.41 Å². The van der Waals surface area contributed by atoms with E-state index >= 15 is 0 Å². The van der Waals surface area contributed by atoms with E-state index in [0.29, 0.717) is 12.2 Å². The average molecular weight is 468 g/mol. The number of ether oxygens (including phenoxy) is 2. The van der Waals surface area contributed by atoms with E-state index in [0.717, 1.165) is 68.1 Å². The highest BCUT2D eigenvalue weighted by molar-refractivity contribution is 6.40. The lowest BCUT2D eigenvalue weighted by Crippen LogP contribution is -2.46. The summed E-state index contributed by atoms with van der Waals surface area (Å²) in [7, 11) is 1.22. The minimum absolute atomic E-state index is 0.165. The number of fused-ring (bicyclic) bond motifs is 3. The Balaban J connectivity index is 1.72. The monoisotopic (exact) mass is 467 g/mol. The minimum atomic E-state index is -0.864. The number of aryl methyl sites for hydroxylation is 1. The van der Waals surface area contributed by atoms with Crippen molar-refractivity contribution in [3.8, 4) is 5.75 Å². The summed E-state index contributed by atoms with van der Waals surface area (Å²) in [4.78, 5) is 26.7.